The number of nitrogens with two attached hydrogens (primary N) is 1. The third-order valence-electron chi connectivity index (χ3n) is 6.72. The number of hydrogen-bond donors (Lipinski definition) is 2. The molecule has 36 heavy (non-hydrogen) atoms. The first-order chi connectivity index (χ1) is 17.5. The van der Waals surface area contributed by atoms with Gasteiger partial charge in [0.15, 0.2) is 0 Å². The van der Waals surface area contributed by atoms with Crippen LogP contribution in [0.5, 0.6) is 0 Å². The summed E-state index contributed by atoms with van der Waals surface area (Å²) < 4.78 is 15.2. The highest BCUT2D eigenvalue weighted by molar-refractivity contribution is 5.80. The van der Waals surface area contributed by atoms with Gasteiger partial charge in [-0.05, 0) is 42.7 Å². The molecule has 1 atom stereocenters. The Morgan fingerprint density at radius 3 is 2.53 bits per heavy atom. The number of benzene rings is 1. The van der Waals surface area contributed by atoms with E-state index >= 15 is 0 Å². The highest BCUT2D eigenvalue weighted by Crippen LogP contribution is 2.30. The van der Waals surface area contributed by atoms with E-state index in [1.54, 1.807) is 37.1 Å². The summed E-state index contributed by atoms with van der Waals surface area (Å²) in [4.78, 5) is 15.9. The van der Waals surface area contributed by atoms with E-state index in [2.05, 4.69) is 47.3 Å². The molecule has 1 aliphatic heterocycles. The van der Waals surface area contributed by atoms with Crippen LogP contribution in [0.1, 0.15) is 30.2 Å². The van der Waals surface area contributed by atoms with Crippen molar-refractivity contribution in [1.29, 1.82) is 0 Å². The quantitative estimate of drug-likeness (QED) is 0.394. The van der Waals surface area contributed by atoms with E-state index in [0.29, 0.717) is 12.5 Å². The molecule has 6 rings (SSSR count). The van der Waals surface area contributed by atoms with Gasteiger partial charge in [-0.2, -0.15) is 10.2 Å². The van der Waals surface area contributed by atoms with Crippen LogP contribution in [0.25, 0.3) is 22.2 Å². The van der Waals surface area contributed by atoms with Gasteiger partial charge >= 0.3 is 0 Å². The van der Waals surface area contributed by atoms with Crippen LogP contribution >= 0.6 is 0 Å². The third-order valence-corrected chi connectivity index (χ3v) is 6.72. The molecule has 1 unspecified atom stereocenters. The standard InChI is InChI=1S/C26H24FN9/c1-26(28,20-2-4-22(27)5-3-20)21-13-29-25(30-14-21)35-8-6-17(7-9-35)24-23-10-18(19-11-32-33-12-19)15-36(23)34-16-31-24/h2-6,10-16H,7-9,28H2,1H3,(H,32,33). The lowest BCUT2D eigenvalue weighted by Crippen LogP contribution is -2.35. The lowest BCUT2D eigenvalue weighted by molar-refractivity contribution is 0.587. The smallest absolute Gasteiger partial charge is 0.225 e. The fourth-order valence-electron chi connectivity index (χ4n) is 4.53. The highest BCUT2D eigenvalue weighted by atomic mass is 19.1. The molecule has 0 saturated heterocycles. The molecule has 0 saturated carbocycles. The second-order valence-corrected chi connectivity index (χ2v) is 9.06. The molecule has 0 fully saturated rings. The number of hydrogen-bond acceptors (Lipinski definition) is 7. The topological polar surface area (TPSA) is 114 Å². The Labute approximate surface area is 206 Å². The van der Waals surface area contributed by atoms with Gasteiger partial charge in [-0.1, -0.05) is 18.2 Å². The van der Waals surface area contributed by atoms with Crippen LogP contribution in [0.15, 0.2) is 73.7 Å². The van der Waals surface area contributed by atoms with Crippen molar-refractivity contribution in [3.8, 4) is 11.1 Å². The molecule has 0 bridgehead atoms. The fourth-order valence-corrected chi connectivity index (χ4v) is 4.53. The largest absolute Gasteiger partial charge is 0.337 e. The predicted molar refractivity (Wildman–Crippen MR) is 134 cm³/mol. The number of rotatable bonds is 5. The molecule has 5 heterocycles. The van der Waals surface area contributed by atoms with Gasteiger partial charge in [-0.3, -0.25) is 5.10 Å². The van der Waals surface area contributed by atoms with Gasteiger partial charge in [0.25, 0.3) is 0 Å². The van der Waals surface area contributed by atoms with Crippen molar-refractivity contribution in [3.05, 3.63) is 96.4 Å². The van der Waals surface area contributed by atoms with Crippen molar-refractivity contribution >= 4 is 17.0 Å². The predicted octanol–water partition coefficient (Wildman–Crippen LogP) is 3.56. The van der Waals surface area contributed by atoms with Crippen molar-refractivity contribution in [2.45, 2.75) is 18.9 Å². The zero-order valence-electron chi connectivity index (χ0n) is 19.6. The Hall–Kier alpha value is -4.44. The molecule has 3 N–H and O–H groups in total. The molecule has 10 heteroatoms. The van der Waals surface area contributed by atoms with Gasteiger partial charge < -0.3 is 10.6 Å². The minimum absolute atomic E-state index is 0.295. The van der Waals surface area contributed by atoms with Crippen molar-refractivity contribution in [2.75, 3.05) is 18.0 Å². The highest BCUT2D eigenvalue weighted by Gasteiger charge is 2.26. The Balaban J connectivity index is 1.21. The molecule has 0 amide bonds. The van der Waals surface area contributed by atoms with Crippen LogP contribution < -0.4 is 10.6 Å². The number of nitrogens with zero attached hydrogens (tertiary/aromatic N) is 7. The zero-order chi connectivity index (χ0) is 24.7. The van der Waals surface area contributed by atoms with Crippen molar-refractivity contribution in [3.63, 3.8) is 0 Å². The van der Waals surface area contributed by atoms with Crippen molar-refractivity contribution in [2.24, 2.45) is 5.73 Å². The van der Waals surface area contributed by atoms with Crippen molar-refractivity contribution < 1.29 is 4.39 Å². The Morgan fingerprint density at radius 2 is 1.83 bits per heavy atom. The average Bonchev–Trinajstić information content (AvgIpc) is 3.59. The second kappa shape index (κ2) is 8.65. The molecule has 1 aromatic carbocycles. The van der Waals surface area contributed by atoms with E-state index in [-0.39, 0.29) is 5.82 Å². The SMILES string of the molecule is CC(N)(c1ccc(F)cc1)c1cnc(N2CC=C(c3ncnn4cc(-c5cn[nH]c5)cc34)CC2)nc1. The van der Waals surface area contributed by atoms with Gasteiger partial charge in [0, 0.05) is 54.6 Å². The maximum atomic E-state index is 13.3. The van der Waals surface area contributed by atoms with Gasteiger partial charge in [0.2, 0.25) is 5.95 Å². The monoisotopic (exact) mass is 481 g/mol. The number of aromatic amines is 1. The number of H-pyrrole nitrogens is 1. The normalized spacial score (nSPS) is 15.6. The summed E-state index contributed by atoms with van der Waals surface area (Å²) >= 11 is 0. The maximum Gasteiger partial charge on any atom is 0.225 e. The third kappa shape index (κ3) is 3.91. The summed E-state index contributed by atoms with van der Waals surface area (Å²) in [5.41, 5.74) is 12.4. The van der Waals surface area contributed by atoms with Crippen molar-refractivity contribution in [1.82, 2.24) is 34.8 Å². The van der Waals surface area contributed by atoms with E-state index in [1.165, 1.54) is 12.1 Å². The summed E-state index contributed by atoms with van der Waals surface area (Å²) in [7, 11) is 0. The summed E-state index contributed by atoms with van der Waals surface area (Å²) in [6, 6.07) is 8.27. The number of aromatic nitrogens is 7. The van der Waals surface area contributed by atoms with Crippen LogP contribution in [0, 0.1) is 5.82 Å². The average molecular weight is 482 g/mol. The first-order valence-corrected chi connectivity index (χ1v) is 11.6. The van der Waals surface area contributed by atoms with Gasteiger partial charge in [0.05, 0.1) is 22.9 Å². The minimum Gasteiger partial charge on any atom is -0.337 e. The number of nitrogens with one attached hydrogen (secondary N) is 1. The first kappa shape index (κ1) is 22.1. The Bertz CT molecular complexity index is 1540. The van der Waals surface area contributed by atoms with E-state index in [0.717, 1.165) is 52.0 Å². The molecule has 1 aliphatic rings. The number of halogens is 1. The van der Waals surface area contributed by atoms with Crippen LogP contribution in [-0.2, 0) is 5.54 Å². The molecule has 9 nitrogen and oxygen atoms in total. The lowest BCUT2D eigenvalue weighted by Gasteiger charge is -2.28. The molecule has 0 aliphatic carbocycles. The molecular formula is C26H24FN9. The van der Waals surface area contributed by atoms with E-state index in [9.17, 15) is 4.39 Å². The van der Waals surface area contributed by atoms with Crippen LogP contribution in [0.3, 0.4) is 0 Å². The van der Waals surface area contributed by atoms with Gasteiger partial charge in [-0.25, -0.2) is 23.9 Å². The number of anilines is 1. The summed E-state index contributed by atoms with van der Waals surface area (Å²) in [6.45, 7) is 3.29. The van der Waals surface area contributed by atoms with E-state index in [4.69, 9.17) is 5.73 Å². The molecule has 4 aromatic heterocycles. The maximum absolute atomic E-state index is 13.3. The van der Waals surface area contributed by atoms with Crippen LogP contribution in [0.4, 0.5) is 10.3 Å². The Kier molecular flexibility index (Phi) is 5.30. The molecule has 180 valence electrons. The summed E-state index contributed by atoms with van der Waals surface area (Å²) in [6.07, 6.45) is 13.7. The Morgan fingerprint density at radius 1 is 1.03 bits per heavy atom. The van der Waals surface area contributed by atoms with Gasteiger partial charge in [0.1, 0.15) is 12.1 Å². The summed E-state index contributed by atoms with van der Waals surface area (Å²) in [5, 5.41) is 11.3. The minimum atomic E-state index is -0.827. The molecule has 0 radical (unpaired) electrons. The first-order valence-electron chi connectivity index (χ1n) is 11.6. The molecular weight excluding hydrogens is 457 g/mol. The van der Waals surface area contributed by atoms with E-state index in [1.807, 2.05) is 23.8 Å². The number of fused-ring (bicyclic) bond motifs is 1. The van der Waals surface area contributed by atoms with E-state index < -0.39 is 5.54 Å². The molecule has 5 aromatic rings. The second-order valence-electron chi connectivity index (χ2n) is 9.06. The van der Waals surface area contributed by atoms with Crippen LogP contribution in [0.2, 0.25) is 0 Å². The zero-order valence-corrected chi connectivity index (χ0v) is 19.6. The molecule has 0 spiro atoms. The fraction of sp³-hybridized carbons (Fsp3) is 0.192. The van der Waals surface area contributed by atoms with Gasteiger partial charge in [-0.15, -0.1) is 0 Å². The lowest BCUT2D eigenvalue weighted by atomic mass is 9.87. The summed E-state index contributed by atoms with van der Waals surface area (Å²) in [5.74, 6) is 0.346. The van der Waals surface area contributed by atoms with Crippen LogP contribution in [-0.4, -0.2) is 47.9 Å².